The van der Waals surface area contributed by atoms with Crippen LogP contribution in [0.2, 0.25) is 0 Å². The van der Waals surface area contributed by atoms with Gasteiger partial charge in [-0.05, 0) is 18.6 Å². The van der Waals surface area contributed by atoms with E-state index in [1.54, 1.807) is 19.5 Å². The summed E-state index contributed by atoms with van der Waals surface area (Å²) in [7, 11) is 1.70. The quantitative estimate of drug-likeness (QED) is 0.770. The van der Waals surface area contributed by atoms with E-state index in [4.69, 9.17) is 4.74 Å². The largest absolute Gasteiger partial charge is 0.385 e. The van der Waals surface area contributed by atoms with E-state index < -0.39 is 0 Å². The number of pyridine rings is 1. The fourth-order valence-corrected chi connectivity index (χ4v) is 1.39. The van der Waals surface area contributed by atoms with Crippen LogP contribution >= 0.6 is 0 Å². The maximum atomic E-state index is 4.97. The molecule has 16 heavy (non-hydrogen) atoms. The first kappa shape index (κ1) is 10.8. The summed E-state index contributed by atoms with van der Waals surface area (Å²) in [6.45, 7) is 1.59. The van der Waals surface area contributed by atoms with Gasteiger partial charge in [-0.2, -0.15) is 0 Å². The normalized spacial score (nSPS) is 10.6. The van der Waals surface area contributed by atoms with E-state index in [1.807, 2.05) is 12.1 Å². The van der Waals surface area contributed by atoms with Crippen LogP contribution in [0.3, 0.4) is 0 Å². The summed E-state index contributed by atoms with van der Waals surface area (Å²) in [5.74, 6) is 0.823. The Labute approximate surface area is 93.9 Å². The molecule has 0 saturated carbocycles. The van der Waals surface area contributed by atoms with Crippen molar-refractivity contribution in [2.24, 2.45) is 0 Å². The van der Waals surface area contributed by atoms with Gasteiger partial charge in [0.25, 0.3) is 0 Å². The lowest BCUT2D eigenvalue weighted by Crippen LogP contribution is -2.06. The Morgan fingerprint density at radius 1 is 1.25 bits per heavy atom. The number of rotatable bonds is 5. The van der Waals surface area contributed by atoms with Crippen molar-refractivity contribution < 1.29 is 4.74 Å². The summed E-state index contributed by atoms with van der Waals surface area (Å²) in [4.78, 5) is 12.7. The minimum Gasteiger partial charge on any atom is -0.385 e. The Kier molecular flexibility index (Phi) is 3.61. The van der Waals surface area contributed by atoms with Crippen LogP contribution in [-0.2, 0) is 4.74 Å². The molecule has 0 aliphatic rings. The van der Waals surface area contributed by atoms with Gasteiger partial charge in [0.15, 0.2) is 5.65 Å². The van der Waals surface area contributed by atoms with Crippen LogP contribution in [0.15, 0.2) is 24.5 Å². The van der Waals surface area contributed by atoms with Crippen LogP contribution in [0.4, 0.5) is 5.82 Å². The van der Waals surface area contributed by atoms with Gasteiger partial charge in [0, 0.05) is 32.7 Å². The molecule has 1 N–H and O–H groups in total. The van der Waals surface area contributed by atoms with Crippen LogP contribution in [0.5, 0.6) is 0 Å². The minimum atomic E-state index is 0.666. The highest BCUT2D eigenvalue weighted by atomic mass is 16.5. The first-order valence-corrected chi connectivity index (χ1v) is 5.21. The molecule has 2 heterocycles. The number of methoxy groups -OCH3 is 1. The first-order chi connectivity index (χ1) is 7.90. The number of aromatic nitrogens is 3. The van der Waals surface area contributed by atoms with E-state index in [9.17, 15) is 0 Å². The van der Waals surface area contributed by atoms with Crippen molar-refractivity contribution in [1.82, 2.24) is 15.0 Å². The van der Waals surface area contributed by atoms with Crippen molar-refractivity contribution >= 4 is 17.0 Å². The van der Waals surface area contributed by atoms with Crippen molar-refractivity contribution in [3.05, 3.63) is 24.5 Å². The Morgan fingerprint density at radius 2 is 2.12 bits per heavy atom. The van der Waals surface area contributed by atoms with Crippen LogP contribution < -0.4 is 5.32 Å². The fraction of sp³-hybridized carbons (Fsp3) is 0.364. The predicted molar refractivity (Wildman–Crippen MR) is 62.3 cm³/mol. The average Bonchev–Trinajstić information content (AvgIpc) is 2.34. The molecule has 0 spiro atoms. The second-order valence-corrected chi connectivity index (χ2v) is 3.37. The molecule has 5 nitrogen and oxygen atoms in total. The van der Waals surface area contributed by atoms with Crippen LogP contribution in [0, 0.1) is 0 Å². The smallest absolute Gasteiger partial charge is 0.180 e. The van der Waals surface area contributed by atoms with Gasteiger partial charge in [0.2, 0.25) is 0 Å². The Morgan fingerprint density at radius 3 is 3.00 bits per heavy atom. The summed E-state index contributed by atoms with van der Waals surface area (Å²) in [6, 6.07) is 3.82. The molecule has 2 aromatic heterocycles. The molecule has 0 bridgehead atoms. The van der Waals surface area contributed by atoms with Gasteiger partial charge in [0.1, 0.15) is 11.3 Å². The summed E-state index contributed by atoms with van der Waals surface area (Å²) in [6.07, 6.45) is 4.26. The second kappa shape index (κ2) is 5.37. The van der Waals surface area contributed by atoms with E-state index in [-0.39, 0.29) is 0 Å². The minimum absolute atomic E-state index is 0.666. The molecule has 0 unspecified atom stereocenters. The lowest BCUT2D eigenvalue weighted by atomic mass is 10.4. The Hall–Kier alpha value is -1.75. The summed E-state index contributed by atoms with van der Waals surface area (Å²) >= 11 is 0. The Balaban J connectivity index is 2.02. The maximum absolute atomic E-state index is 4.97. The summed E-state index contributed by atoms with van der Waals surface area (Å²) in [5, 5.41) is 3.21. The van der Waals surface area contributed by atoms with Crippen molar-refractivity contribution in [2.75, 3.05) is 25.6 Å². The molecular formula is C11H14N4O. The van der Waals surface area contributed by atoms with Crippen molar-refractivity contribution in [3.63, 3.8) is 0 Å². The van der Waals surface area contributed by atoms with Crippen molar-refractivity contribution in [1.29, 1.82) is 0 Å². The van der Waals surface area contributed by atoms with Crippen LogP contribution in [0.1, 0.15) is 6.42 Å². The van der Waals surface area contributed by atoms with Gasteiger partial charge in [-0.15, -0.1) is 0 Å². The molecular weight excluding hydrogens is 204 g/mol. The summed E-state index contributed by atoms with van der Waals surface area (Å²) < 4.78 is 4.97. The second-order valence-electron chi connectivity index (χ2n) is 3.37. The van der Waals surface area contributed by atoms with E-state index in [0.29, 0.717) is 5.65 Å². The highest BCUT2D eigenvalue weighted by Gasteiger charge is 1.98. The van der Waals surface area contributed by atoms with Crippen molar-refractivity contribution in [3.8, 4) is 0 Å². The lowest BCUT2D eigenvalue weighted by molar-refractivity contribution is 0.198. The SMILES string of the molecule is COCCCNc1ccc2nccnc2n1. The molecule has 0 saturated heterocycles. The third-order valence-electron chi connectivity index (χ3n) is 2.16. The number of nitrogens with zero attached hydrogens (tertiary/aromatic N) is 3. The molecule has 0 aromatic carbocycles. The first-order valence-electron chi connectivity index (χ1n) is 5.21. The average molecular weight is 218 g/mol. The highest BCUT2D eigenvalue weighted by Crippen LogP contribution is 2.09. The Bertz CT molecular complexity index is 460. The van der Waals surface area contributed by atoms with Gasteiger partial charge in [-0.25, -0.2) is 9.97 Å². The highest BCUT2D eigenvalue weighted by molar-refractivity contribution is 5.71. The standard InChI is InChI=1S/C11H14N4O/c1-16-8-2-5-13-10-4-3-9-11(15-10)14-7-6-12-9/h3-4,6-7H,2,5,8H2,1H3,(H,13,14,15). The van der Waals surface area contributed by atoms with Crippen LogP contribution in [-0.4, -0.2) is 35.2 Å². The molecule has 2 rings (SSSR count). The van der Waals surface area contributed by atoms with Crippen LogP contribution in [0.25, 0.3) is 11.2 Å². The molecule has 2 aromatic rings. The number of hydrogen-bond donors (Lipinski definition) is 1. The molecule has 0 aliphatic carbocycles. The number of anilines is 1. The summed E-state index contributed by atoms with van der Waals surface area (Å²) in [5.41, 5.74) is 1.48. The monoisotopic (exact) mass is 218 g/mol. The van der Waals surface area contributed by atoms with Gasteiger partial charge in [0.05, 0.1) is 0 Å². The molecule has 0 atom stereocenters. The number of fused-ring (bicyclic) bond motifs is 1. The van der Waals surface area contributed by atoms with Gasteiger partial charge >= 0.3 is 0 Å². The fourth-order valence-electron chi connectivity index (χ4n) is 1.39. The number of hydrogen-bond acceptors (Lipinski definition) is 5. The van der Waals surface area contributed by atoms with Gasteiger partial charge < -0.3 is 10.1 Å². The molecule has 0 fully saturated rings. The zero-order valence-electron chi connectivity index (χ0n) is 9.18. The van der Waals surface area contributed by atoms with E-state index >= 15 is 0 Å². The van der Waals surface area contributed by atoms with Gasteiger partial charge in [-0.1, -0.05) is 0 Å². The van der Waals surface area contributed by atoms with E-state index in [2.05, 4.69) is 20.3 Å². The molecule has 84 valence electrons. The van der Waals surface area contributed by atoms with Crippen molar-refractivity contribution in [2.45, 2.75) is 6.42 Å². The van der Waals surface area contributed by atoms with E-state index in [1.165, 1.54) is 0 Å². The zero-order chi connectivity index (χ0) is 11.2. The maximum Gasteiger partial charge on any atom is 0.180 e. The number of ether oxygens (including phenoxy) is 1. The van der Waals surface area contributed by atoms with E-state index in [0.717, 1.165) is 30.9 Å². The lowest BCUT2D eigenvalue weighted by Gasteiger charge is -2.05. The third-order valence-corrected chi connectivity index (χ3v) is 2.16. The topological polar surface area (TPSA) is 59.9 Å². The van der Waals surface area contributed by atoms with Gasteiger partial charge in [-0.3, -0.25) is 4.98 Å². The predicted octanol–water partition coefficient (Wildman–Crippen LogP) is 1.47. The molecule has 5 heteroatoms. The molecule has 0 radical (unpaired) electrons. The zero-order valence-corrected chi connectivity index (χ0v) is 9.18. The molecule has 0 amide bonds. The number of nitrogens with one attached hydrogen (secondary N) is 1. The third kappa shape index (κ3) is 2.64. The molecule has 0 aliphatic heterocycles.